The smallest absolute Gasteiger partial charge is 0.232 e. The van der Waals surface area contributed by atoms with Crippen molar-refractivity contribution in [2.24, 2.45) is 0 Å². The molecule has 0 spiro atoms. The zero-order chi connectivity index (χ0) is 12.3. The summed E-state index contributed by atoms with van der Waals surface area (Å²) in [5.74, 6) is -1.84. The predicted molar refractivity (Wildman–Crippen MR) is 61.8 cm³/mol. The lowest BCUT2D eigenvalue weighted by atomic mass is 10.3. The van der Waals surface area contributed by atoms with Crippen LogP contribution in [0.3, 0.4) is 0 Å². The Morgan fingerprint density at radius 2 is 1.94 bits per heavy atom. The van der Waals surface area contributed by atoms with Gasteiger partial charge in [0.2, 0.25) is 10.0 Å². The van der Waals surface area contributed by atoms with Gasteiger partial charge >= 0.3 is 0 Å². The molecule has 0 atom stereocenters. The monoisotopic (exact) mass is 313 g/mol. The minimum Gasteiger partial charge on any atom is -0.281 e. The van der Waals surface area contributed by atoms with Crippen LogP contribution in [0.15, 0.2) is 16.6 Å². The van der Waals surface area contributed by atoms with Gasteiger partial charge in [0.15, 0.2) is 0 Å². The fourth-order valence-corrected chi connectivity index (χ4v) is 2.56. The SMILES string of the molecule is CCCS(=O)(=O)Nc1cc(Br)c(F)cc1F. The van der Waals surface area contributed by atoms with E-state index in [1.165, 1.54) is 0 Å². The summed E-state index contributed by atoms with van der Waals surface area (Å²) in [4.78, 5) is 0. The van der Waals surface area contributed by atoms with E-state index in [-0.39, 0.29) is 15.9 Å². The average Bonchev–Trinajstić information content (AvgIpc) is 2.13. The molecule has 0 fully saturated rings. The average molecular weight is 314 g/mol. The molecule has 90 valence electrons. The molecule has 7 heteroatoms. The van der Waals surface area contributed by atoms with E-state index in [0.717, 1.165) is 6.07 Å². The number of rotatable bonds is 4. The predicted octanol–water partition coefficient (Wildman–Crippen LogP) is 2.88. The van der Waals surface area contributed by atoms with Crippen molar-refractivity contribution in [1.29, 1.82) is 0 Å². The van der Waals surface area contributed by atoms with Crippen molar-refractivity contribution in [3.8, 4) is 0 Å². The van der Waals surface area contributed by atoms with Crippen LogP contribution in [0.2, 0.25) is 0 Å². The Morgan fingerprint density at radius 1 is 1.31 bits per heavy atom. The summed E-state index contributed by atoms with van der Waals surface area (Å²) in [6.45, 7) is 1.69. The molecular weight excluding hydrogens is 304 g/mol. The van der Waals surface area contributed by atoms with E-state index >= 15 is 0 Å². The van der Waals surface area contributed by atoms with E-state index in [0.29, 0.717) is 12.5 Å². The van der Waals surface area contributed by atoms with Crippen LogP contribution in [0, 0.1) is 11.6 Å². The lowest BCUT2D eigenvalue weighted by Crippen LogP contribution is -2.17. The van der Waals surface area contributed by atoms with Crippen molar-refractivity contribution in [2.75, 3.05) is 10.5 Å². The second kappa shape index (κ2) is 5.09. The topological polar surface area (TPSA) is 46.2 Å². The molecule has 1 N–H and O–H groups in total. The first-order chi connectivity index (χ1) is 7.35. The molecule has 0 aromatic heterocycles. The Labute approximate surface area is 101 Å². The number of anilines is 1. The lowest BCUT2D eigenvalue weighted by Gasteiger charge is -2.08. The Balaban J connectivity index is 3.03. The summed E-state index contributed by atoms with van der Waals surface area (Å²) in [6, 6.07) is 1.67. The first-order valence-corrected chi connectivity index (χ1v) is 6.95. The summed E-state index contributed by atoms with van der Waals surface area (Å²) in [5.41, 5.74) is -0.262. The van der Waals surface area contributed by atoms with Crippen molar-refractivity contribution >= 4 is 31.6 Å². The van der Waals surface area contributed by atoms with Gasteiger partial charge in [-0.05, 0) is 28.4 Å². The number of benzene rings is 1. The molecule has 0 saturated heterocycles. The number of hydrogen-bond acceptors (Lipinski definition) is 2. The second-order valence-electron chi connectivity index (χ2n) is 3.17. The molecule has 0 heterocycles. The van der Waals surface area contributed by atoms with Gasteiger partial charge in [0.25, 0.3) is 0 Å². The highest BCUT2D eigenvalue weighted by molar-refractivity contribution is 9.10. The van der Waals surface area contributed by atoms with Crippen molar-refractivity contribution < 1.29 is 17.2 Å². The van der Waals surface area contributed by atoms with Crippen LogP contribution in [0.5, 0.6) is 0 Å². The van der Waals surface area contributed by atoms with Crippen molar-refractivity contribution in [3.05, 3.63) is 28.2 Å². The molecule has 0 saturated carbocycles. The Morgan fingerprint density at radius 3 is 2.50 bits per heavy atom. The van der Waals surface area contributed by atoms with Crippen molar-refractivity contribution in [2.45, 2.75) is 13.3 Å². The molecule has 0 aliphatic carbocycles. The van der Waals surface area contributed by atoms with Crippen LogP contribution < -0.4 is 4.72 Å². The third kappa shape index (κ3) is 3.41. The summed E-state index contributed by atoms with van der Waals surface area (Å²) < 4.78 is 50.9. The number of sulfonamides is 1. The van der Waals surface area contributed by atoms with E-state index in [1.807, 2.05) is 0 Å². The van der Waals surface area contributed by atoms with E-state index in [2.05, 4.69) is 20.7 Å². The summed E-state index contributed by atoms with van der Waals surface area (Å²) in [6.07, 6.45) is 0.416. The van der Waals surface area contributed by atoms with E-state index in [9.17, 15) is 17.2 Å². The van der Waals surface area contributed by atoms with E-state index in [4.69, 9.17) is 0 Å². The fraction of sp³-hybridized carbons (Fsp3) is 0.333. The lowest BCUT2D eigenvalue weighted by molar-refractivity contribution is 0.579. The zero-order valence-electron chi connectivity index (χ0n) is 8.43. The zero-order valence-corrected chi connectivity index (χ0v) is 10.8. The van der Waals surface area contributed by atoms with Crippen LogP contribution in [0.25, 0.3) is 0 Å². The van der Waals surface area contributed by atoms with Gasteiger partial charge in [0, 0.05) is 6.07 Å². The maximum atomic E-state index is 13.2. The Bertz CT molecular complexity index is 491. The molecule has 0 radical (unpaired) electrons. The van der Waals surface area contributed by atoms with Gasteiger partial charge in [-0.2, -0.15) is 0 Å². The molecule has 0 aliphatic rings. The molecule has 0 bridgehead atoms. The molecule has 1 rings (SSSR count). The largest absolute Gasteiger partial charge is 0.281 e. The Hall–Kier alpha value is -0.690. The highest BCUT2D eigenvalue weighted by Crippen LogP contribution is 2.24. The van der Waals surface area contributed by atoms with Crippen LogP contribution in [0.4, 0.5) is 14.5 Å². The highest BCUT2D eigenvalue weighted by atomic mass is 79.9. The first kappa shape index (κ1) is 13.4. The van der Waals surface area contributed by atoms with Gasteiger partial charge in [-0.3, -0.25) is 4.72 Å². The van der Waals surface area contributed by atoms with E-state index < -0.39 is 21.7 Å². The van der Waals surface area contributed by atoms with Gasteiger partial charge in [-0.1, -0.05) is 6.92 Å². The van der Waals surface area contributed by atoms with Crippen LogP contribution in [0.1, 0.15) is 13.3 Å². The van der Waals surface area contributed by atoms with Crippen molar-refractivity contribution in [3.63, 3.8) is 0 Å². The fourth-order valence-electron chi connectivity index (χ4n) is 1.09. The third-order valence-corrected chi connectivity index (χ3v) is 3.83. The summed E-state index contributed by atoms with van der Waals surface area (Å²) >= 11 is 2.85. The van der Waals surface area contributed by atoms with E-state index in [1.54, 1.807) is 6.92 Å². The summed E-state index contributed by atoms with van der Waals surface area (Å²) in [7, 11) is -3.57. The maximum Gasteiger partial charge on any atom is 0.232 e. The van der Waals surface area contributed by atoms with Gasteiger partial charge in [0.05, 0.1) is 15.9 Å². The molecule has 16 heavy (non-hydrogen) atoms. The first-order valence-electron chi connectivity index (χ1n) is 4.50. The molecule has 1 aromatic carbocycles. The molecule has 0 aliphatic heterocycles. The normalized spacial score (nSPS) is 11.5. The Kier molecular flexibility index (Phi) is 4.26. The molecule has 1 aromatic rings. The van der Waals surface area contributed by atoms with Gasteiger partial charge in [-0.25, -0.2) is 17.2 Å². The minimum absolute atomic E-state index is 0.00287. The highest BCUT2D eigenvalue weighted by Gasteiger charge is 2.14. The molecular formula is C9H10BrF2NO2S. The van der Waals surface area contributed by atoms with Gasteiger partial charge in [0.1, 0.15) is 11.6 Å². The standard InChI is InChI=1S/C9H10BrF2NO2S/c1-2-3-16(14,15)13-9-4-6(10)7(11)5-8(9)12/h4-5,13H,2-3H2,1H3. The van der Waals surface area contributed by atoms with Crippen LogP contribution >= 0.6 is 15.9 Å². The number of halogens is 3. The van der Waals surface area contributed by atoms with Gasteiger partial charge in [-0.15, -0.1) is 0 Å². The maximum absolute atomic E-state index is 13.2. The molecule has 3 nitrogen and oxygen atoms in total. The van der Waals surface area contributed by atoms with Crippen LogP contribution in [-0.4, -0.2) is 14.2 Å². The number of hydrogen-bond donors (Lipinski definition) is 1. The minimum atomic E-state index is -3.57. The third-order valence-electron chi connectivity index (χ3n) is 1.75. The van der Waals surface area contributed by atoms with Gasteiger partial charge < -0.3 is 0 Å². The molecule has 0 unspecified atom stereocenters. The van der Waals surface area contributed by atoms with Crippen LogP contribution in [-0.2, 0) is 10.0 Å². The second-order valence-corrected chi connectivity index (χ2v) is 5.86. The quantitative estimate of drug-likeness (QED) is 0.869. The molecule has 0 amide bonds. The van der Waals surface area contributed by atoms with Crippen molar-refractivity contribution in [1.82, 2.24) is 0 Å². The number of nitrogens with one attached hydrogen (secondary N) is 1. The summed E-state index contributed by atoms with van der Waals surface area (Å²) in [5, 5.41) is 0.